The van der Waals surface area contributed by atoms with E-state index in [-0.39, 0.29) is 62.6 Å². The second-order valence-corrected chi connectivity index (χ2v) is 20.0. The van der Waals surface area contributed by atoms with Crippen LogP contribution in [0.3, 0.4) is 0 Å². The Hall–Kier alpha value is -1.75. The maximum Gasteiger partial charge on any atom is 0.306 e. The topological polar surface area (TPSA) is 160 Å². The zero-order valence-electron chi connectivity index (χ0n) is 45.1. The summed E-state index contributed by atoms with van der Waals surface area (Å²) in [6.45, 7) is 6.68. The molecule has 0 heterocycles. The zero-order valence-corrected chi connectivity index (χ0v) is 45.1. The molecule has 0 aromatic heterocycles. The van der Waals surface area contributed by atoms with Crippen LogP contribution in [0, 0.1) is 0 Å². The van der Waals surface area contributed by atoms with E-state index >= 15 is 0 Å². The highest BCUT2D eigenvalue weighted by molar-refractivity contribution is 5.70. The SMILES string of the molecule is CCCCCCC(O)CCCCCCCCCCC(=O)OC(CCCCCC)CCCCCCCCCCC(=O)OCCO.CCCCCCC(O)CCCCCCCCCCC(=O)OCCO. The Kier molecular flexibility index (Phi) is 58.1. The molecule has 0 fully saturated rings. The number of esters is 3. The van der Waals surface area contributed by atoms with Gasteiger partial charge in [-0.2, -0.15) is 0 Å². The predicted octanol–water partition coefficient (Wildman–Crippen LogP) is 15.3. The molecule has 10 nitrogen and oxygen atoms in total. The summed E-state index contributed by atoms with van der Waals surface area (Å²) >= 11 is 0. The lowest BCUT2D eigenvalue weighted by molar-refractivity contribution is -0.150. The van der Waals surface area contributed by atoms with Crippen molar-refractivity contribution in [2.75, 3.05) is 26.4 Å². The minimum absolute atomic E-state index is 0.000939. The van der Waals surface area contributed by atoms with Crippen LogP contribution in [0.15, 0.2) is 0 Å². The fraction of sp³-hybridized carbons (Fsp3) is 0.948. The van der Waals surface area contributed by atoms with E-state index in [1.165, 1.54) is 161 Å². The Morgan fingerprint density at radius 1 is 0.324 bits per heavy atom. The molecule has 0 saturated heterocycles. The van der Waals surface area contributed by atoms with Crippen molar-refractivity contribution in [1.82, 2.24) is 0 Å². The predicted molar refractivity (Wildman–Crippen MR) is 283 cm³/mol. The lowest BCUT2D eigenvalue weighted by Crippen LogP contribution is -2.18. The van der Waals surface area contributed by atoms with E-state index in [4.69, 9.17) is 24.4 Å². The summed E-state index contributed by atoms with van der Waals surface area (Å²) in [4.78, 5) is 35.2. The first kappa shape index (κ1) is 68.3. The van der Waals surface area contributed by atoms with Crippen molar-refractivity contribution in [2.24, 2.45) is 0 Å². The molecular formula is C58H114O10. The zero-order chi connectivity index (χ0) is 50.2. The molecule has 0 saturated carbocycles. The largest absolute Gasteiger partial charge is 0.463 e. The third-order valence-electron chi connectivity index (χ3n) is 13.2. The van der Waals surface area contributed by atoms with Crippen LogP contribution in [0.1, 0.15) is 310 Å². The Bertz CT molecular complexity index is 1020. The molecule has 68 heavy (non-hydrogen) atoms. The van der Waals surface area contributed by atoms with Gasteiger partial charge in [0.25, 0.3) is 0 Å². The summed E-state index contributed by atoms with van der Waals surface area (Å²) in [5.41, 5.74) is 0. The molecule has 0 aliphatic carbocycles. The van der Waals surface area contributed by atoms with Crippen molar-refractivity contribution in [2.45, 2.75) is 328 Å². The summed E-state index contributed by atoms with van der Waals surface area (Å²) in [7, 11) is 0. The summed E-state index contributed by atoms with van der Waals surface area (Å²) in [5, 5.41) is 37.2. The molecule has 406 valence electrons. The van der Waals surface area contributed by atoms with E-state index in [1.54, 1.807) is 0 Å². The summed E-state index contributed by atoms with van der Waals surface area (Å²) < 4.78 is 15.7. The van der Waals surface area contributed by atoms with Gasteiger partial charge in [-0.05, 0) is 70.6 Å². The van der Waals surface area contributed by atoms with E-state index in [1.807, 2.05) is 0 Å². The van der Waals surface area contributed by atoms with Crippen molar-refractivity contribution in [3.63, 3.8) is 0 Å². The highest BCUT2D eigenvalue weighted by atomic mass is 16.5. The van der Waals surface area contributed by atoms with Crippen LogP contribution >= 0.6 is 0 Å². The molecule has 0 amide bonds. The standard InChI is InChI=1S/C38H74O6.C20H40O4/c1-3-5-7-21-27-35(40)28-22-17-13-9-11-16-20-26-32-38(42)44-36(29-23-8-6-4-2)30-24-18-14-10-12-15-19-25-31-37(41)43-34-33-39;1-2-3-4-11-14-19(22)15-12-9-7-5-6-8-10-13-16-20(23)24-18-17-21/h35-36,39-40H,3-34H2,1-2H3;19,21-22H,2-18H2,1H3. The summed E-state index contributed by atoms with van der Waals surface area (Å²) in [5.74, 6) is -0.404. The van der Waals surface area contributed by atoms with E-state index < -0.39 is 0 Å². The molecule has 0 rings (SSSR count). The number of aliphatic hydroxyl groups excluding tert-OH is 4. The van der Waals surface area contributed by atoms with Gasteiger partial charge >= 0.3 is 17.9 Å². The fourth-order valence-electron chi connectivity index (χ4n) is 8.79. The van der Waals surface area contributed by atoms with E-state index in [9.17, 15) is 24.6 Å². The van der Waals surface area contributed by atoms with E-state index in [2.05, 4.69) is 20.8 Å². The maximum absolute atomic E-state index is 12.6. The minimum atomic E-state index is -0.206. The quantitative estimate of drug-likeness (QED) is 0.0262. The number of carbonyl (C=O) groups is 3. The molecule has 3 atom stereocenters. The van der Waals surface area contributed by atoms with Gasteiger partial charge in [0.2, 0.25) is 0 Å². The van der Waals surface area contributed by atoms with Crippen molar-refractivity contribution in [3.05, 3.63) is 0 Å². The summed E-state index contributed by atoms with van der Waals surface area (Å²) in [6.07, 6.45) is 49.6. The average Bonchev–Trinajstić information content (AvgIpc) is 3.33. The Morgan fingerprint density at radius 2 is 0.559 bits per heavy atom. The summed E-state index contributed by atoms with van der Waals surface area (Å²) in [6, 6.07) is 0. The van der Waals surface area contributed by atoms with Crippen LogP contribution < -0.4 is 0 Å². The van der Waals surface area contributed by atoms with Gasteiger partial charge in [-0.25, -0.2) is 0 Å². The molecule has 10 heteroatoms. The first-order chi connectivity index (χ1) is 33.2. The first-order valence-corrected chi connectivity index (χ1v) is 29.3. The molecule has 3 unspecified atom stereocenters. The highest BCUT2D eigenvalue weighted by Gasteiger charge is 2.14. The van der Waals surface area contributed by atoms with Crippen LogP contribution in [0.4, 0.5) is 0 Å². The number of ether oxygens (including phenoxy) is 3. The molecule has 4 N–H and O–H groups in total. The van der Waals surface area contributed by atoms with Crippen LogP contribution in [0.5, 0.6) is 0 Å². The van der Waals surface area contributed by atoms with Gasteiger partial charge in [-0.1, -0.05) is 220 Å². The molecule has 0 spiro atoms. The van der Waals surface area contributed by atoms with Gasteiger partial charge in [-0.3, -0.25) is 14.4 Å². The van der Waals surface area contributed by atoms with E-state index in [0.717, 1.165) is 109 Å². The lowest BCUT2D eigenvalue weighted by Gasteiger charge is -2.18. The molecule has 0 aromatic rings. The first-order valence-electron chi connectivity index (χ1n) is 29.3. The van der Waals surface area contributed by atoms with Gasteiger partial charge in [0.15, 0.2) is 0 Å². The lowest BCUT2D eigenvalue weighted by atomic mass is 10.0. The number of aliphatic hydroxyl groups is 4. The minimum Gasteiger partial charge on any atom is -0.463 e. The second kappa shape index (κ2) is 57.8. The van der Waals surface area contributed by atoms with Crippen molar-refractivity contribution in [1.29, 1.82) is 0 Å². The van der Waals surface area contributed by atoms with E-state index in [0.29, 0.717) is 19.3 Å². The number of hydrogen-bond acceptors (Lipinski definition) is 10. The Labute approximate surface area is 420 Å². The number of hydrogen-bond donors (Lipinski definition) is 4. The second-order valence-electron chi connectivity index (χ2n) is 20.0. The van der Waals surface area contributed by atoms with Crippen molar-refractivity contribution < 1.29 is 49.0 Å². The number of carbonyl (C=O) groups excluding carboxylic acids is 3. The van der Waals surface area contributed by atoms with Gasteiger partial charge < -0.3 is 34.6 Å². The van der Waals surface area contributed by atoms with Crippen LogP contribution in [0.25, 0.3) is 0 Å². The Morgan fingerprint density at radius 3 is 0.838 bits per heavy atom. The number of rotatable bonds is 53. The molecule has 0 aliphatic rings. The average molecular weight is 972 g/mol. The van der Waals surface area contributed by atoms with Gasteiger partial charge in [0, 0.05) is 19.3 Å². The van der Waals surface area contributed by atoms with Crippen LogP contribution in [-0.4, -0.2) is 83.1 Å². The maximum atomic E-state index is 12.6. The highest BCUT2D eigenvalue weighted by Crippen LogP contribution is 2.20. The smallest absolute Gasteiger partial charge is 0.306 e. The Balaban J connectivity index is 0. The third-order valence-corrected chi connectivity index (χ3v) is 13.2. The van der Waals surface area contributed by atoms with Crippen molar-refractivity contribution in [3.8, 4) is 0 Å². The number of unbranched alkanes of at least 4 members (excludes halogenated alkanes) is 30. The third kappa shape index (κ3) is 56.8. The molecular weight excluding hydrogens is 857 g/mol. The monoisotopic (exact) mass is 971 g/mol. The van der Waals surface area contributed by atoms with Gasteiger partial charge in [0.05, 0.1) is 25.4 Å². The van der Waals surface area contributed by atoms with Gasteiger partial charge in [-0.15, -0.1) is 0 Å². The normalized spacial score (nSPS) is 12.6. The molecule has 0 aromatic carbocycles. The fourth-order valence-corrected chi connectivity index (χ4v) is 8.79. The molecule has 0 bridgehead atoms. The van der Waals surface area contributed by atoms with Crippen LogP contribution in [0.2, 0.25) is 0 Å². The van der Waals surface area contributed by atoms with Crippen molar-refractivity contribution >= 4 is 17.9 Å². The molecule has 0 aliphatic heterocycles. The van der Waals surface area contributed by atoms with Crippen LogP contribution in [-0.2, 0) is 28.6 Å². The molecule has 0 radical (unpaired) electrons. The van der Waals surface area contributed by atoms with Gasteiger partial charge in [0.1, 0.15) is 19.3 Å².